The molecule has 7 heteroatoms. The van der Waals surface area contributed by atoms with Crippen molar-refractivity contribution in [2.24, 2.45) is 5.92 Å². The summed E-state index contributed by atoms with van der Waals surface area (Å²) < 4.78 is 11.9. The van der Waals surface area contributed by atoms with Crippen molar-refractivity contribution in [3.63, 3.8) is 0 Å². The van der Waals surface area contributed by atoms with Gasteiger partial charge in [0.25, 0.3) is 0 Å². The molecule has 0 bridgehead atoms. The van der Waals surface area contributed by atoms with Crippen molar-refractivity contribution in [3.05, 3.63) is 35.2 Å². The maximum Gasteiger partial charge on any atom is 0.147 e. The fraction of sp³-hybridized carbons (Fsp3) is 0.562. The van der Waals surface area contributed by atoms with Crippen molar-refractivity contribution in [1.29, 1.82) is 0 Å². The number of ether oxygens (including phenoxy) is 2. The summed E-state index contributed by atoms with van der Waals surface area (Å²) in [6.45, 7) is 2.95. The largest absolute Gasteiger partial charge is 0.374 e. The first-order chi connectivity index (χ1) is 11.4. The maximum absolute atomic E-state index is 6.07. The minimum absolute atomic E-state index is 0.224. The van der Waals surface area contributed by atoms with Crippen molar-refractivity contribution in [2.75, 3.05) is 24.7 Å². The maximum atomic E-state index is 6.07. The van der Waals surface area contributed by atoms with E-state index in [0.29, 0.717) is 18.6 Å². The number of morpholine rings is 1. The van der Waals surface area contributed by atoms with Gasteiger partial charge in [-0.3, -0.25) is 4.98 Å². The smallest absolute Gasteiger partial charge is 0.147 e. The van der Waals surface area contributed by atoms with E-state index in [-0.39, 0.29) is 6.10 Å². The number of aromatic nitrogens is 3. The van der Waals surface area contributed by atoms with Crippen LogP contribution in [0, 0.1) is 5.92 Å². The van der Waals surface area contributed by atoms with Gasteiger partial charge in [-0.2, -0.15) is 0 Å². The van der Waals surface area contributed by atoms with Crippen molar-refractivity contribution in [2.45, 2.75) is 31.6 Å². The molecule has 122 valence electrons. The first-order valence-electron chi connectivity index (χ1n) is 8.02. The lowest BCUT2D eigenvalue weighted by molar-refractivity contribution is -0.0309. The molecule has 1 saturated heterocycles. The van der Waals surface area contributed by atoms with Crippen LogP contribution in [0.1, 0.15) is 17.8 Å². The zero-order valence-electron chi connectivity index (χ0n) is 12.9. The lowest BCUT2D eigenvalue weighted by atomic mass is 10.0. The summed E-state index contributed by atoms with van der Waals surface area (Å²) in [5.41, 5.74) is 0. The number of anilines is 1. The molecule has 23 heavy (non-hydrogen) atoms. The van der Waals surface area contributed by atoms with E-state index < -0.39 is 0 Å². The third kappa shape index (κ3) is 3.22. The third-order valence-corrected chi connectivity index (χ3v) is 5.36. The Bertz CT molecular complexity index is 610. The van der Waals surface area contributed by atoms with E-state index in [1.54, 1.807) is 23.7 Å². The molecule has 0 radical (unpaired) electrons. The van der Waals surface area contributed by atoms with Crippen molar-refractivity contribution in [3.8, 4) is 0 Å². The van der Waals surface area contributed by atoms with E-state index in [1.165, 1.54) is 0 Å². The van der Waals surface area contributed by atoms with Gasteiger partial charge in [0.1, 0.15) is 10.8 Å². The fourth-order valence-corrected chi connectivity index (χ4v) is 4.14. The minimum atomic E-state index is 0.224. The van der Waals surface area contributed by atoms with Crippen LogP contribution in [0.4, 0.5) is 5.82 Å². The van der Waals surface area contributed by atoms with E-state index in [2.05, 4.69) is 19.9 Å². The molecular weight excluding hydrogens is 312 g/mol. The zero-order valence-corrected chi connectivity index (χ0v) is 13.7. The van der Waals surface area contributed by atoms with Crippen LogP contribution in [-0.2, 0) is 16.1 Å². The van der Waals surface area contributed by atoms with Gasteiger partial charge in [-0.15, -0.1) is 11.3 Å². The summed E-state index contributed by atoms with van der Waals surface area (Å²) in [7, 11) is 0. The molecule has 2 aliphatic rings. The number of nitrogens with zero attached hydrogens (tertiary/aromatic N) is 4. The van der Waals surface area contributed by atoms with Gasteiger partial charge in [-0.25, -0.2) is 9.97 Å². The topological polar surface area (TPSA) is 60.4 Å². The second-order valence-corrected chi connectivity index (χ2v) is 6.92. The van der Waals surface area contributed by atoms with Crippen LogP contribution in [0.15, 0.2) is 30.2 Å². The molecule has 1 aliphatic heterocycles. The molecule has 3 heterocycles. The van der Waals surface area contributed by atoms with Crippen molar-refractivity contribution >= 4 is 17.2 Å². The van der Waals surface area contributed by atoms with Crippen LogP contribution in [0.3, 0.4) is 0 Å². The van der Waals surface area contributed by atoms with Crippen LogP contribution >= 0.6 is 11.3 Å². The van der Waals surface area contributed by atoms with Crippen molar-refractivity contribution in [1.82, 2.24) is 15.0 Å². The molecule has 1 aliphatic carbocycles. The molecule has 1 saturated carbocycles. The van der Waals surface area contributed by atoms with E-state index in [1.807, 2.05) is 17.8 Å². The number of hydrogen-bond acceptors (Lipinski definition) is 7. The molecule has 4 rings (SSSR count). The van der Waals surface area contributed by atoms with E-state index >= 15 is 0 Å². The SMILES string of the molecule is c1cnc(N2CCO[C@@H]3[C@H](COCc4nccs4)CC[C@@H]32)cn1. The van der Waals surface area contributed by atoms with Gasteiger partial charge in [0, 0.05) is 36.4 Å². The highest BCUT2D eigenvalue weighted by Gasteiger charge is 2.43. The van der Waals surface area contributed by atoms with E-state index in [9.17, 15) is 0 Å². The predicted octanol–water partition coefficient (Wildman–Crippen LogP) is 2.13. The van der Waals surface area contributed by atoms with E-state index in [4.69, 9.17) is 9.47 Å². The first-order valence-corrected chi connectivity index (χ1v) is 8.90. The normalized spacial score (nSPS) is 27.1. The fourth-order valence-electron chi connectivity index (χ4n) is 3.58. The Balaban J connectivity index is 1.37. The van der Waals surface area contributed by atoms with Gasteiger partial charge in [-0.05, 0) is 12.8 Å². The first kappa shape index (κ1) is 15.0. The Morgan fingerprint density at radius 3 is 3.09 bits per heavy atom. The van der Waals surface area contributed by atoms with Crippen LogP contribution in [0.2, 0.25) is 0 Å². The summed E-state index contributed by atoms with van der Waals surface area (Å²) >= 11 is 1.64. The summed E-state index contributed by atoms with van der Waals surface area (Å²) in [4.78, 5) is 15.3. The van der Waals surface area contributed by atoms with Gasteiger partial charge in [0.2, 0.25) is 0 Å². The standard InChI is InChI=1S/C16H20N4O2S/c1-2-13-16(12(1)10-21-11-15-19-5-8-23-15)22-7-6-20(13)14-9-17-3-4-18-14/h3-5,8-9,12-13,16H,1-2,6-7,10-11H2/t12-,13-,16+/m0/s1. The number of rotatable bonds is 5. The molecule has 2 fully saturated rings. The lowest BCUT2D eigenvalue weighted by Gasteiger charge is -2.39. The molecule has 2 aromatic heterocycles. The predicted molar refractivity (Wildman–Crippen MR) is 87.4 cm³/mol. The van der Waals surface area contributed by atoms with Gasteiger partial charge < -0.3 is 14.4 Å². The van der Waals surface area contributed by atoms with E-state index in [0.717, 1.165) is 43.4 Å². The van der Waals surface area contributed by atoms with Gasteiger partial charge >= 0.3 is 0 Å². The van der Waals surface area contributed by atoms with Gasteiger partial charge in [-0.1, -0.05) is 0 Å². The number of hydrogen-bond donors (Lipinski definition) is 0. The molecule has 0 unspecified atom stereocenters. The summed E-state index contributed by atoms with van der Waals surface area (Å²) in [5, 5.41) is 3.01. The molecule has 0 amide bonds. The zero-order chi connectivity index (χ0) is 15.5. The van der Waals surface area contributed by atoms with Crippen LogP contribution in [0.5, 0.6) is 0 Å². The summed E-state index contributed by atoms with van der Waals surface area (Å²) in [6.07, 6.45) is 9.60. The van der Waals surface area contributed by atoms with Crippen LogP contribution < -0.4 is 4.90 Å². The highest BCUT2D eigenvalue weighted by Crippen LogP contribution is 2.36. The average Bonchev–Trinajstić information content (AvgIpc) is 3.26. The Labute approximate surface area is 139 Å². The Hall–Kier alpha value is -1.57. The highest BCUT2D eigenvalue weighted by molar-refractivity contribution is 7.09. The molecule has 6 nitrogen and oxygen atoms in total. The number of fused-ring (bicyclic) bond motifs is 1. The monoisotopic (exact) mass is 332 g/mol. The van der Waals surface area contributed by atoms with Crippen molar-refractivity contribution < 1.29 is 9.47 Å². The van der Waals surface area contributed by atoms with Gasteiger partial charge in [0.15, 0.2) is 0 Å². The summed E-state index contributed by atoms with van der Waals surface area (Å²) in [5.74, 6) is 1.40. The molecule has 3 atom stereocenters. The second kappa shape index (κ2) is 6.90. The molecule has 0 spiro atoms. The Morgan fingerprint density at radius 2 is 2.26 bits per heavy atom. The molecule has 0 N–H and O–H groups in total. The number of thiazole rings is 1. The second-order valence-electron chi connectivity index (χ2n) is 5.94. The Morgan fingerprint density at radius 1 is 1.26 bits per heavy atom. The molecular formula is C16H20N4O2S. The van der Waals surface area contributed by atoms with Crippen LogP contribution in [-0.4, -0.2) is 46.9 Å². The third-order valence-electron chi connectivity index (χ3n) is 4.60. The van der Waals surface area contributed by atoms with Crippen LogP contribution in [0.25, 0.3) is 0 Å². The lowest BCUT2D eigenvalue weighted by Crippen LogP contribution is -2.51. The minimum Gasteiger partial charge on any atom is -0.374 e. The summed E-state index contributed by atoms with van der Waals surface area (Å²) in [6, 6.07) is 0.383. The average molecular weight is 332 g/mol. The quantitative estimate of drug-likeness (QED) is 0.836. The Kier molecular flexibility index (Phi) is 4.50. The highest BCUT2D eigenvalue weighted by atomic mass is 32.1. The molecule has 0 aromatic carbocycles. The molecule has 2 aromatic rings. The van der Waals surface area contributed by atoms with Gasteiger partial charge in [0.05, 0.1) is 38.2 Å².